The molecule has 0 spiro atoms. The van der Waals surface area contributed by atoms with Gasteiger partial charge in [0.25, 0.3) is 0 Å². The number of carbonyl (C=O) groups is 8. The maximum absolute atomic E-state index is 11.9. The molecule has 8 N–H and O–H groups in total. The largest absolute Gasteiger partial charge is 0.497 e. The molecule has 19 heteroatoms. The van der Waals surface area contributed by atoms with Gasteiger partial charge in [0, 0.05) is 11.6 Å². The van der Waals surface area contributed by atoms with E-state index in [1.54, 1.807) is 18.2 Å². The zero-order chi connectivity index (χ0) is 32.9. The quantitative estimate of drug-likeness (QED) is 0.0669. The second-order valence-electron chi connectivity index (χ2n) is 8.43. The van der Waals surface area contributed by atoms with Crippen LogP contribution in [0.5, 0.6) is 11.5 Å². The molecule has 7 amide bonds. The van der Waals surface area contributed by atoms with Crippen molar-refractivity contribution in [3.05, 3.63) is 23.8 Å². The molecule has 44 heavy (non-hydrogen) atoms. The smallest absolute Gasteiger partial charge is 0.325 e. The highest BCUT2D eigenvalue weighted by molar-refractivity contribution is 5.92. The molecule has 0 unspecified atom stereocenters. The van der Waals surface area contributed by atoms with Gasteiger partial charge in [-0.3, -0.25) is 38.4 Å². The average Bonchev–Trinajstić information content (AvgIpc) is 3.03. The molecule has 0 aliphatic carbocycles. The highest BCUT2D eigenvalue weighted by Crippen LogP contribution is 2.25. The van der Waals surface area contributed by atoms with Crippen LogP contribution in [0.3, 0.4) is 0 Å². The lowest BCUT2D eigenvalue weighted by molar-refractivity contribution is -0.145. The number of benzene rings is 1. The van der Waals surface area contributed by atoms with Gasteiger partial charge in [-0.05, 0) is 12.1 Å². The first-order chi connectivity index (χ1) is 21.0. The zero-order valence-corrected chi connectivity index (χ0v) is 24.0. The fourth-order valence-electron chi connectivity index (χ4n) is 2.86. The second kappa shape index (κ2) is 20.4. The number of hydrogen-bond acceptors (Lipinski definition) is 12. The van der Waals surface area contributed by atoms with Crippen LogP contribution in [0.25, 0.3) is 0 Å². The summed E-state index contributed by atoms with van der Waals surface area (Å²) >= 11 is 0. The molecule has 0 aliphatic heterocycles. The Kier molecular flexibility index (Phi) is 17.0. The molecule has 0 atom stereocenters. The van der Waals surface area contributed by atoms with Crippen molar-refractivity contribution in [2.45, 2.75) is 6.61 Å². The molecule has 242 valence electrons. The Morgan fingerprint density at radius 2 is 0.955 bits per heavy atom. The van der Waals surface area contributed by atoms with Gasteiger partial charge >= 0.3 is 5.97 Å². The van der Waals surface area contributed by atoms with E-state index in [0.29, 0.717) is 17.1 Å². The van der Waals surface area contributed by atoms with E-state index in [1.807, 2.05) is 0 Å². The van der Waals surface area contributed by atoms with E-state index in [4.69, 9.17) is 19.3 Å². The number of rotatable bonds is 19. The number of nitrogens with one attached hydrogen (secondary N) is 7. The lowest BCUT2D eigenvalue weighted by Gasteiger charge is -2.11. The van der Waals surface area contributed by atoms with E-state index in [2.05, 4.69) is 37.2 Å². The topological polar surface area (TPSA) is 269 Å². The lowest BCUT2D eigenvalue weighted by Crippen LogP contribution is -2.47. The van der Waals surface area contributed by atoms with Crippen LogP contribution in [0.15, 0.2) is 18.2 Å². The number of ether oxygens (including phenoxy) is 3. The SMILES string of the molecule is COc1ccc(COC(=O)CNC(=O)CNC(=O)CNC(=O)CNC(=O)CNC(=O)CNC(=O)CNC(=O)CO)c(OC)c1. The maximum atomic E-state index is 11.9. The van der Waals surface area contributed by atoms with E-state index < -0.39 is 99.7 Å². The van der Waals surface area contributed by atoms with E-state index >= 15 is 0 Å². The first-order valence-corrected chi connectivity index (χ1v) is 12.8. The van der Waals surface area contributed by atoms with Crippen molar-refractivity contribution < 1.29 is 57.7 Å². The summed E-state index contributed by atoms with van der Waals surface area (Å²) in [5.74, 6) is -4.80. The first kappa shape index (κ1) is 36.6. The van der Waals surface area contributed by atoms with Crippen molar-refractivity contribution in [1.29, 1.82) is 0 Å². The molecular weight excluding hydrogens is 590 g/mol. The van der Waals surface area contributed by atoms with Gasteiger partial charge in [0.05, 0.1) is 53.5 Å². The minimum absolute atomic E-state index is 0.108. The van der Waals surface area contributed by atoms with Crippen molar-refractivity contribution in [3.8, 4) is 11.5 Å². The van der Waals surface area contributed by atoms with Gasteiger partial charge in [-0.1, -0.05) is 0 Å². The summed E-state index contributed by atoms with van der Waals surface area (Å²) in [5, 5.41) is 23.9. The van der Waals surface area contributed by atoms with Gasteiger partial charge in [-0.25, -0.2) is 0 Å². The minimum Gasteiger partial charge on any atom is -0.497 e. The third-order valence-corrected chi connectivity index (χ3v) is 5.13. The van der Waals surface area contributed by atoms with Crippen molar-refractivity contribution in [2.75, 3.05) is 66.6 Å². The molecule has 0 bridgehead atoms. The predicted molar refractivity (Wildman–Crippen MR) is 147 cm³/mol. The molecule has 0 heterocycles. The first-order valence-electron chi connectivity index (χ1n) is 12.8. The Balaban J connectivity index is 2.16. The van der Waals surface area contributed by atoms with Crippen LogP contribution in [0, 0.1) is 0 Å². The Morgan fingerprint density at radius 1 is 0.568 bits per heavy atom. The molecule has 0 saturated carbocycles. The monoisotopic (exact) mass is 625 g/mol. The summed E-state index contributed by atoms with van der Waals surface area (Å²) in [6.07, 6.45) is 0. The number of carbonyl (C=O) groups excluding carboxylic acids is 8. The molecule has 1 rings (SSSR count). The summed E-state index contributed by atoms with van der Waals surface area (Å²) in [5.41, 5.74) is 0.581. The number of aliphatic hydroxyl groups excluding tert-OH is 1. The van der Waals surface area contributed by atoms with Gasteiger partial charge in [0.2, 0.25) is 41.4 Å². The van der Waals surface area contributed by atoms with Crippen molar-refractivity contribution >= 4 is 47.3 Å². The van der Waals surface area contributed by atoms with Crippen LogP contribution >= 0.6 is 0 Å². The summed E-state index contributed by atoms with van der Waals surface area (Å²) in [4.78, 5) is 93.2. The van der Waals surface area contributed by atoms with Gasteiger partial charge in [0.1, 0.15) is 31.3 Å². The Hall–Kier alpha value is -5.46. The molecule has 0 saturated heterocycles. The highest BCUT2D eigenvalue weighted by atomic mass is 16.5. The Labute approximate surface area is 251 Å². The van der Waals surface area contributed by atoms with Crippen molar-refractivity contribution in [2.24, 2.45) is 0 Å². The maximum Gasteiger partial charge on any atom is 0.325 e. The standard InChI is InChI=1S/C25H35N7O12/c1-42-16-4-3-15(17(5-16)43-2)14-44-25(41)12-32-23(39)10-30-21(37)8-28-19(35)6-26-18(34)7-27-20(36)9-29-22(38)11-31-24(40)13-33/h3-5,33H,6-14H2,1-2H3,(H,26,34)(H,27,36)(H,28,35)(H,29,38)(H,30,37)(H,31,40)(H,32,39). The average molecular weight is 626 g/mol. The number of hydrogen-bond donors (Lipinski definition) is 8. The van der Waals surface area contributed by atoms with Gasteiger partial charge in [-0.2, -0.15) is 0 Å². The van der Waals surface area contributed by atoms with Gasteiger partial charge < -0.3 is 56.5 Å². The molecule has 0 radical (unpaired) electrons. The third kappa shape index (κ3) is 16.1. The Bertz CT molecular complexity index is 1210. The minimum atomic E-state index is -0.793. The van der Waals surface area contributed by atoms with E-state index in [9.17, 15) is 38.4 Å². The van der Waals surface area contributed by atoms with Crippen LogP contribution in [0.1, 0.15) is 5.56 Å². The van der Waals surface area contributed by atoms with Crippen molar-refractivity contribution in [1.82, 2.24) is 37.2 Å². The summed E-state index contributed by atoms with van der Waals surface area (Å²) < 4.78 is 15.4. The molecular formula is C25H35N7O12. The number of methoxy groups -OCH3 is 2. The van der Waals surface area contributed by atoms with Crippen molar-refractivity contribution in [3.63, 3.8) is 0 Å². The number of aliphatic hydroxyl groups is 1. The van der Waals surface area contributed by atoms with Crippen LogP contribution in [0.2, 0.25) is 0 Å². The molecule has 0 fully saturated rings. The van der Waals surface area contributed by atoms with Crippen LogP contribution < -0.4 is 46.7 Å². The van der Waals surface area contributed by atoms with E-state index in [-0.39, 0.29) is 6.61 Å². The summed E-state index contributed by atoms with van der Waals surface area (Å²) in [6, 6.07) is 4.95. The number of amides is 7. The second-order valence-corrected chi connectivity index (χ2v) is 8.43. The zero-order valence-electron chi connectivity index (χ0n) is 24.0. The summed E-state index contributed by atoms with van der Waals surface area (Å²) in [7, 11) is 2.95. The fraction of sp³-hybridized carbons (Fsp3) is 0.440. The van der Waals surface area contributed by atoms with Crippen LogP contribution in [-0.4, -0.2) is 119 Å². The number of esters is 1. The van der Waals surface area contributed by atoms with Crippen LogP contribution in [-0.2, 0) is 49.7 Å². The predicted octanol–water partition coefficient (Wildman–Crippen LogP) is -5.45. The van der Waals surface area contributed by atoms with E-state index in [0.717, 1.165) is 0 Å². The normalized spacial score (nSPS) is 9.89. The molecule has 0 aliphatic rings. The van der Waals surface area contributed by atoms with Gasteiger partial charge in [-0.15, -0.1) is 0 Å². The lowest BCUT2D eigenvalue weighted by atomic mass is 10.2. The molecule has 1 aromatic rings. The molecule has 0 aromatic heterocycles. The fourth-order valence-corrected chi connectivity index (χ4v) is 2.86. The highest BCUT2D eigenvalue weighted by Gasteiger charge is 2.13. The molecule has 19 nitrogen and oxygen atoms in total. The Morgan fingerprint density at radius 3 is 1.32 bits per heavy atom. The van der Waals surface area contributed by atoms with E-state index in [1.165, 1.54) is 14.2 Å². The molecule has 1 aromatic carbocycles. The van der Waals surface area contributed by atoms with Gasteiger partial charge in [0.15, 0.2) is 0 Å². The van der Waals surface area contributed by atoms with Crippen LogP contribution in [0.4, 0.5) is 0 Å². The summed E-state index contributed by atoms with van der Waals surface area (Å²) in [6.45, 7) is -4.32. The third-order valence-electron chi connectivity index (χ3n) is 5.13.